The molecule has 5 heteroatoms. The second kappa shape index (κ2) is 5.92. The minimum absolute atomic E-state index is 0.675. The molecule has 0 radical (unpaired) electrons. The molecule has 1 aromatic heterocycles. The van der Waals surface area contributed by atoms with E-state index in [4.69, 9.17) is 9.15 Å². The molecule has 0 bridgehead atoms. The number of rotatable bonds is 3. The quantitative estimate of drug-likeness (QED) is 0.721. The van der Waals surface area contributed by atoms with Gasteiger partial charge in [-0.3, -0.25) is 0 Å². The fourth-order valence-electron chi connectivity index (χ4n) is 3.00. The van der Waals surface area contributed by atoms with Crippen LogP contribution in [-0.4, -0.2) is 18.2 Å². The highest BCUT2D eigenvalue weighted by Gasteiger charge is 2.28. The zero-order valence-corrected chi connectivity index (χ0v) is 13.7. The number of hydrogen-bond acceptors (Lipinski definition) is 4. The molecule has 1 unspecified atom stereocenters. The highest BCUT2D eigenvalue weighted by molar-refractivity contribution is 7.91. The van der Waals surface area contributed by atoms with Gasteiger partial charge in [-0.15, -0.1) is 0 Å². The van der Waals surface area contributed by atoms with E-state index in [1.807, 2.05) is 42.5 Å². The zero-order valence-electron chi connectivity index (χ0n) is 12.8. The zero-order chi connectivity index (χ0) is 15.8. The molecule has 118 valence electrons. The lowest BCUT2D eigenvalue weighted by molar-refractivity contribution is 0.404. The number of methoxy groups -OCH3 is 1. The van der Waals surface area contributed by atoms with E-state index in [9.17, 15) is 4.55 Å². The average Bonchev–Trinajstić information content (AvgIpc) is 2.99. The maximum Gasteiger partial charge on any atom is 0.220 e. The van der Waals surface area contributed by atoms with Gasteiger partial charge in [0.2, 0.25) is 16.1 Å². The van der Waals surface area contributed by atoms with Gasteiger partial charge >= 0.3 is 0 Å². The van der Waals surface area contributed by atoms with Gasteiger partial charge in [0.05, 0.1) is 7.11 Å². The first-order valence-electron chi connectivity index (χ1n) is 7.59. The molecule has 1 aliphatic rings. The van der Waals surface area contributed by atoms with Crippen LogP contribution >= 0.6 is 0 Å². The van der Waals surface area contributed by atoms with Gasteiger partial charge in [0.15, 0.2) is 16.2 Å². The van der Waals surface area contributed by atoms with Crippen molar-refractivity contribution in [3.8, 4) is 5.75 Å². The molecule has 23 heavy (non-hydrogen) atoms. The van der Waals surface area contributed by atoms with Crippen LogP contribution in [0.25, 0.3) is 11.0 Å². The van der Waals surface area contributed by atoms with E-state index in [0.29, 0.717) is 5.75 Å². The molecular formula is C18H18NO3S+. The fraction of sp³-hybridized carbons (Fsp3) is 0.222. The smallest absolute Gasteiger partial charge is 0.220 e. The fourth-order valence-corrected chi connectivity index (χ4v) is 4.14. The monoisotopic (exact) mass is 328 g/mol. The molecule has 3 aromatic rings. The predicted molar refractivity (Wildman–Crippen MR) is 91.1 cm³/mol. The van der Waals surface area contributed by atoms with E-state index in [2.05, 4.69) is 5.32 Å². The Labute approximate surface area is 137 Å². The van der Waals surface area contributed by atoms with Crippen LogP contribution in [0.3, 0.4) is 0 Å². The third-order valence-corrected chi connectivity index (χ3v) is 5.56. The summed E-state index contributed by atoms with van der Waals surface area (Å²) in [4.78, 5) is 1.74. The molecule has 1 atom stereocenters. The van der Waals surface area contributed by atoms with Crippen LogP contribution in [0.1, 0.15) is 11.3 Å². The van der Waals surface area contributed by atoms with Gasteiger partial charge in [0.1, 0.15) is 5.76 Å². The molecule has 4 nitrogen and oxygen atoms in total. The normalized spacial score (nSPS) is 15.4. The van der Waals surface area contributed by atoms with Crippen LogP contribution in [0.5, 0.6) is 5.75 Å². The first kappa shape index (κ1) is 14.6. The highest BCUT2D eigenvalue weighted by Crippen LogP contribution is 2.37. The Bertz CT molecular complexity index is 844. The van der Waals surface area contributed by atoms with Crippen molar-refractivity contribution in [2.45, 2.75) is 22.8 Å². The van der Waals surface area contributed by atoms with Crippen molar-refractivity contribution in [2.24, 2.45) is 0 Å². The van der Waals surface area contributed by atoms with Crippen molar-refractivity contribution in [3.63, 3.8) is 0 Å². The van der Waals surface area contributed by atoms with Crippen LogP contribution in [0.4, 0.5) is 0 Å². The third-order valence-electron chi connectivity index (χ3n) is 4.16. The Hall–Kier alpha value is -1.95. The molecule has 0 fully saturated rings. The Morgan fingerprint density at radius 1 is 1.17 bits per heavy atom. The summed E-state index contributed by atoms with van der Waals surface area (Å²) in [6.07, 6.45) is 0.881. The molecular weight excluding hydrogens is 310 g/mol. The second-order valence-corrected chi connectivity index (χ2v) is 7.04. The van der Waals surface area contributed by atoms with Gasteiger partial charge in [-0.05, 0) is 12.1 Å². The summed E-state index contributed by atoms with van der Waals surface area (Å²) in [7, 11) is 1.64. The van der Waals surface area contributed by atoms with Crippen LogP contribution in [-0.2, 0) is 24.1 Å². The summed E-state index contributed by atoms with van der Waals surface area (Å²) in [6, 6.07) is 13.6. The van der Waals surface area contributed by atoms with E-state index in [0.717, 1.165) is 46.0 Å². The number of hydrogen-bond donors (Lipinski definition) is 2. The van der Waals surface area contributed by atoms with Crippen LogP contribution < -0.4 is 10.1 Å². The van der Waals surface area contributed by atoms with Crippen LogP contribution in [0.2, 0.25) is 0 Å². The van der Waals surface area contributed by atoms with Crippen LogP contribution in [0, 0.1) is 0 Å². The first-order chi connectivity index (χ1) is 11.3. The van der Waals surface area contributed by atoms with Gasteiger partial charge in [0.25, 0.3) is 0 Å². The minimum Gasteiger partial charge on any atom is -0.493 e. The van der Waals surface area contributed by atoms with Gasteiger partial charge in [-0.1, -0.05) is 18.2 Å². The topological polar surface area (TPSA) is 54.6 Å². The van der Waals surface area contributed by atoms with Crippen molar-refractivity contribution < 1.29 is 13.7 Å². The minimum atomic E-state index is -0.992. The molecule has 2 aromatic carbocycles. The Morgan fingerprint density at radius 2 is 2.00 bits per heavy atom. The van der Waals surface area contributed by atoms with E-state index in [-0.39, 0.29) is 0 Å². The molecule has 2 heterocycles. The molecule has 0 aliphatic carbocycles. The summed E-state index contributed by atoms with van der Waals surface area (Å²) in [5.41, 5.74) is 1.95. The van der Waals surface area contributed by atoms with Gasteiger partial charge in [-0.25, -0.2) is 0 Å². The lowest BCUT2D eigenvalue weighted by Gasteiger charge is -2.10. The number of furan rings is 1. The molecule has 0 spiro atoms. The standard InChI is InChI=1S/C18H18NO3S/c1-21-17-10-13(23(20)12-5-3-2-4-6-12)9-14-15-11-19-8-7-16(15)22-18(14)17/h2-6,9-10,19-20H,7-8,11H2,1H3/q+1. The lowest BCUT2D eigenvalue weighted by atomic mass is 10.1. The maximum atomic E-state index is 10.7. The largest absolute Gasteiger partial charge is 0.493 e. The second-order valence-electron chi connectivity index (χ2n) is 5.53. The molecule has 0 saturated carbocycles. The van der Waals surface area contributed by atoms with E-state index in [1.54, 1.807) is 7.11 Å². The Balaban J connectivity index is 1.88. The number of benzene rings is 2. The van der Waals surface area contributed by atoms with Crippen molar-refractivity contribution in [2.75, 3.05) is 13.7 Å². The number of fused-ring (bicyclic) bond motifs is 3. The van der Waals surface area contributed by atoms with Gasteiger partial charge < -0.3 is 14.5 Å². The summed E-state index contributed by atoms with van der Waals surface area (Å²) in [6.45, 7) is 1.72. The maximum absolute atomic E-state index is 10.7. The molecule has 2 N–H and O–H groups in total. The number of nitrogens with one attached hydrogen (secondary N) is 1. The summed E-state index contributed by atoms with van der Waals surface area (Å²) in [5, 5.41) is 4.41. The third kappa shape index (κ3) is 2.51. The van der Waals surface area contributed by atoms with E-state index < -0.39 is 11.2 Å². The average molecular weight is 328 g/mol. The van der Waals surface area contributed by atoms with Gasteiger partial charge in [0, 0.05) is 42.6 Å². The SMILES string of the molecule is COc1cc([S+](O)c2ccccc2)cc2c3c(oc12)CCNC3. The molecule has 0 amide bonds. The summed E-state index contributed by atoms with van der Waals surface area (Å²) in [5.74, 6) is 1.70. The predicted octanol–water partition coefficient (Wildman–Crippen LogP) is 3.60. The Morgan fingerprint density at radius 3 is 2.78 bits per heavy atom. The first-order valence-corrected chi connectivity index (χ1v) is 8.77. The van der Waals surface area contributed by atoms with Crippen molar-refractivity contribution in [1.29, 1.82) is 0 Å². The lowest BCUT2D eigenvalue weighted by Crippen LogP contribution is -2.22. The van der Waals surface area contributed by atoms with Crippen LogP contribution in [0.15, 0.2) is 56.7 Å². The highest BCUT2D eigenvalue weighted by atomic mass is 32.2. The molecule has 0 saturated heterocycles. The summed E-state index contributed by atoms with van der Waals surface area (Å²) >= 11 is -0.992. The number of ether oxygens (including phenoxy) is 1. The van der Waals surface area contributed by atoms with Crippen molar-refractivity contribution in [3.05, 3.63) is 53.8 Å². The van der Waals surface area contributed by atoms with E-state index in [1.165, 1.54) is 5.56 Å². The molecule has 4 rings (SSSR count). The summed E-state index contributed by atoms with van der Waals surface area (Å²) < 4.78 is 22.3. The molecule has 1 aliphatic heterocycles. The Kier molecular flexibility index (Phi) is 3.77. The van der Waals surface area contributed by atoms with Gasteiger partial charge in [-0.2, -0.15) is 4.55 Å². The van der Waals surface area contributed by atoms with Crippen molar-refractivity contribution in [1.82, 2.24) is 5.32 Å². The van der Waals surface area contributed by atoms with Crippen molar-refractivity contribution >= 4 is 22.1 Å². The van der Waals surface area contributed by atoms with E-state index >= 15 is 0 Å².